The molecule has 2 aromatic carbocycles. The Balaban J connectivity index is 0.00000133. The predicted molar refractivity (Wildman–Crippen MR) is 83.0 cm³/mol. The number of fused-ring (bicyclic) bond motifs is 2. The zero-order chi connectivity index (χ0) is 12.7. The number of aryl methyl sites for hydroxylation is 1. The molecule has 0 aliphatic carbocycles. The van der Waals surface area contributed by atoms with Crippen LogP contribution in [0.4, 0.5) is 11.4 Å². The number of nitrogens with two attached hydrogens (primary N) is 1. The van der Waals surface area contributed by atoms with E-state index in [-0.39, 0.29) is 12.4 Å². The van der Waals surface area contributed by atoms with Gasteiger partial charge in [-0.2, -0.15) is 0 Å². The van der Waals surface area contributed by atoms with Crippen molar-refractivity contribution in [2.75, 3.05) is 18.1 Å². The lowest BCUT2D eigenvalue weighted by Gasteiger charge is -2.07. The summed E-state index contributed by atoms with van der Waals surface area (Å²) >= 11 is 0. The van der Waals surface area contributed by atoms with Gasteiger partial charge in [-0.15, -0.1) is 12.4 Å². The SMILES string of the molecule is CNc1cccc2nc3cc(C)c(N)cc3nc12.Cl. The van der Waals surface area contributed by atoms with Crippen LogP contribution >= 0.6 is 12.4 Å². The summed E-state index contributed by atoms with van der Waals surface area (Å²) < 4.78 is 0. The third-order valence-electron chi connectivity index (χ3n) is 3.12. The van der Waals surface area contributed by atoms with Crippen molar-refractivity contribution in [3.8, 4) is 0 Å². The molecule has 1 aromatic heterocycles. The number of nitrogens with one attached hydrogen (secondary N) is 1. The quantitative estimate of drug-likeness (QED) is 0.529. The predicted octanol–water partition coefficient (Wildman–Crippen LogP) is 3.14. The van der Waals surface area contributed by atoms with Crippen LogP contribution in [0.25, 0.3) is 22.1 Å². The van der Waals surface area contributed by atoms with Crippen molar-refractivity contribution in [1.82, 2.24) is 9.97 Å². The molecule has 0 saturated carbocycles. The highest BCUT2D eigenvalue weighted by atomic mass is 35.5. The van der Waals surface area contributed by atoms with Gasteiger partial charge in [-0.05, 0) is 36.8 Å². The van der Waals surface area contributed by atoms with Crippen LogP contribution in [-0.2, 0) is 0 Å². The van der Waals surface area contributed by atoms with Crippen molar-refractivity contribution in [2.45, 2.75) is 6.92 Å². The van der Waals surface area contributed by atoms with E-state index in [1.807, 2.05) is 44.3 Å². The van der Waals surface area contributed by atoms with Gasteiger partial charge in [0.2, 0.25) is 0 Å². The minimum Gasteiger partial charge on any atom is -0.398 e. The molecule has 0 atom stereocenters. The van der Waals surface area contributed by atoms with E-state index >= 15 is 0 Å². The highest BCUT2D eigenvalue weighted by molar-refractivity contribution is 5.94. The van der Waals surface area contributed by atoms with Crippen molar-refractivity contribution in [3.05, 3.63) is 35.9 Å². The second-order valence-corrected chi connectivity index (χ2v) is 4.34. The molecule has 0 bridgehead atoms. The number of para-hydroxylation sites is 1. The van der Waals surface area contributed by atoms with E-state index in [2.05, 4.69) is 15.3 Å². The number of rotatable bonds is 1. The minimum absolute atomic E-state index is 0. The monoisotopic (exact) mass is 274 g/mol. The maximum atomic E-state index is 5.92. The molecule has 0 aliphatic rings. The van der Waals surface area contributed by atoms with Crippen LogP contribution < -0.4 is 11.1 Å². The van der Waals surface area contributed by atoms with Crippen molar-refractivity contribution in [2.24, 2.45) is 0 Å². The average molecular weight is 275 g/mol. The number of hydrogen-bond donors (Lipinski definition) is 2. The lowest BCUT2D eigenvalue weighted by molar-refractivity contribution is 1.36. The molecule has 0 saturated heterocycles. The van der Waals surface area contributed by atoms with Crippen LogP contribution in [-0.4, -0.2) is 17.0 Å². The molecule has 0 spiro atoms. The van der Waals surface area contributed by atoms with E-state index in [1.54, 1.807) is 0 Å². The Morgan fingerprint density at radius 2 is 1.79 bits per heavy atom. The van der Waals surface area contributed by atoms with Gasteiger partial charge in [0.1, 0.15) is 5.52 Å². The molecule has 3 N–H and O–H groups in total. The maximum Gasteiger partial charge on any atom is 0.113 e. The van der Waals surface area contributed by atoms with E-state index in [0.717, 1.165) is 39.0 Å². The standard InChI is InChI=1S/C14H14N4.ClH/c1-8-6-12-13(7-9(8)15)18-14-10(16-2)4-3-5-11(14)17-12;/h3-7,16H,15H2,1-2H3;1H. The average Bonchev–Trinajstić information content (AvgIpc) is 2.37. The molecule has 4 nitrogen and oxygen atoms in total. The molecule has 0 fully saturated rings. The normalized spacial score (nSPS) is 10.4. The van der Waals surface area contributed by atoms with Crippen LogP contribution in [0.1, 0.15) is 5.56 Å². The molecule has 3 aromatic rings. The third kappa shape index (κ3) is 2.15. The second-order valence-electron chi connectivity index (χ2n) is 4.34. The zero-order valence-electron chi connectivity index (χ0n) is 10.8. The summed E-state index contributed by atoms with van der Waals surface area (Å²) in [7, 11) is 1.88. The van der Waals surface area contributed by atoms with Gasteiger partial charge in [0.15, 0.2) is 0 Å². The number of nitrogen functional groups attached to an aromatic ring is 1. The third-order valence-corrected chi connectivity index (χ3v) is 3.12. The van der Waals surface area contributed by atoms with Crippen LogP contribution in [0.15, 0.2) is 30.3 Å². The number of anilines is 2. The molecular formula is C14H15ClN4. The fourth-order valence-corrected chi connectivity index (χ4v) is 2.07. The fourth-order valence-electron chi connectivity index (χ4n) is 2.07. The van der Waals surface area contributed by atoms with Gasteiger partial charge in [-0.25, -0.2) is 9.97 Å². The lowest BCUT2D eigenvalue weighted by atomic mass is 10.1. The maximum absolute atomic E-state index is 5.92. The molecule has 0 unspecified atom stereocenters. The van der Waals surface area contributed by atoms with Crippen LogP contribution in [0.2, 0.25) is 0 Å². The first-order valence-corrected chi connectivity index (χ1v) is 5.83. The van der Waals surface area contributed by atoms with Crippen LogP contribution in [0, 0.1) is 6.92 Å². The number of halogens is 1. The Morgan fingerprint density at radius 3 is 2.53 bits per heavy atom. The lowest BCUT2D eigenvalue weighted by Crippen LogP contribution is -1.96. The Hall–Kier alpha value is -2.07. The summed E-state index contributed by atoms with van der Waals surface area (Å²) in [6, 6.07) is 9.78. The van der Waals surface area contributed by atoms with Crippen molar-refractivity contribution < 1.29 is 0 Å². The number of nitrogens with zero attached hydrogens (tertiary/aromatic N) is 2. The van der Waals surface area contributed by atoms with Crippen LogP contribution in [0.3, 0.4) is 0 Å². The molecule has 1 heterocycles. The summed E-state index contributed by atoms with van der Waals surface area (Å²) in [5.41, 5.74) is 12.1. The molecule has 98 valence electrons. The summed E-state index contributed by atoms with van der Waals surface area (Å²) in [6.45, 7) is 1.98. The molecular weight excluding hydrogens is 260 g/mol. The Labute approximate surface area is 117 Å². The van der Waals surface area contributed by atoms with Gasteiger partial charge in [0, 0.05) is 12.7 Å². The van der Waals surface area contributed by atoms with Gasteiger partial charge >= 0.3 is 0 Å². The van der Waals surface area contributed by atoms with E-state index in [0.29, 0.717) is 0 Å². The summed E-state index contributed by atoms with van der Waals surface area (Å²) in [5.74, 6) is 0. The largest absolute Gasteiger partial charge is 0.398 e. The van der Waals surface area contributed by atoms with E-state index in [1.165, 1.54) is 0 Å². The number of benzene rings is 2. The topological polar surface area (TPSA) is 63.8 Å². The Morgan fingerprint density at radius 1 is 1.05 bits per heavy atom. The van der Waals surface area contributed by atoms with E-state index in [9.17, 15) is 0 Å². The molecule has 19 heavy (non-hydrogen) atoms. The highest BCUT2D eigenvalue weighted by Crippen LogP contribution is 2.25. The van der Waals surface area contributed by atoms with Crippen molar-refractivity contribution in [1.29, 1.82) is 0 Å². The molecule has 0 radical (unpaired) electrons. The smallest absolute Gasteiger partial charge is 0.113 e. The van der Waals surface area contributed by atoms with E-state index in [4.69, 9.17) is 5.73 Å². The van der Waals surface area contributed by atoms with Crippen molar-refractivity contribution in [3.63, 3.8) is 0 Å². The fraction of sp³-hybridized carbons (Fsp3) is 0.143. The van der Waals surface area contributed by atoms with Gasteiger partial charge in [-0.3, -0.25) is 0 Å². The first kappa shape index (κ1) is 13.4. The van der Waals surface area contributed by atoms with Crippen molar-refractivity contribution >= 4 is 45.8 Å². The van der Waals surface area contributed by atoms with Gasteiger partial charge < -0.3 is 11.1 Å². The molecule has 3 rings (SSSR count). The van der Waals surface area contributed by atoms with Gasteiger partial charge in [0.25, 0.3) is 0 Å². The molecule has 5 heteroatoms. The van der Waals surface area contributed by atoms with E-state index < -0.39 is 0 Å². The second kappa shape index (κ2) is 4.90. The van der Waals surface area contributed by atoms with Gasteiger partial charge in [0.05, 0.1) is 22.2 Å². The summed E-state index contributed by atoms with van der Waals surface area (Å²) in [4.78, 5) is 9.28. The first-order valence-electron chi connectivity index (χ1n) is 5.83. The number of hydrogen-bond acceptors (Lipinski definition) is 4. The summed E-state index contributed by atoms with van der Waals surface area (Å²) in [6.07, 6.45) is 0. The minimum atomic E-state index is 0. The summed E-state index contributed by atoms with van der Waals surface area (Å²) in [5, 5.41) is 3.13. The Bertz CT molecular complexity index is 755. The zero-order valence-corrected chi connectivity index (χ0v) is 11.6. The van der Waals surface area contributed by atoms with Crippen LogP contribution in [0.5, 0.6) is 0 Å². The molecule has 0 aliphatic heterocycles. The molecule has 0 amide bonds. The Kier molecular flexibility index (Phi) is 3.44. The first-order chi connectivity index (χ1) is 8.69. The van der Waals surface area contributed by atoms with Gasteiger partial charge in [-0.1, -0.05) is 6.07 Å². The number of aromatic nitrogens is 2. The highest BCUT2D eigenvalue weighted by Gasteiger charge is 2.06.